The van der Waals surface area contributed by atoms with Crippen molar-refractivity contribution in [2.75, 3.05) is 64.9 Å². The van der Waals surface area contributed by atoms with Gasteiger partial charge in [0.05, 0.1) is 48.5 Å². The van der Waals surface area contributed by atoms with Gasteiger partial charge in [0.1, 0.15) is 29.4 Å². The lowest BCUT2D eigenvalue weighted by molar-refractivity contribution is 0.130. The first-order valence-electron chi connectivity index (χ1n) is 26.5. The molecule has 2 unspecified atom stereocenters. The molecule has 0 bridgehead atoms. The minimum Gasteiger partial charge on any atom is -0.396 e. The molecule has 428 valence electrons. The molecule has 18 nitrogen and oxygen atoms in total. The van der Waals surface area contributed by atoms with E-state index in [0.29, 0.717) is 55.4 Å². The van der Waals surface area contributed by atoms with Gasteiger partial charge in [0.25, 0.3) is 0 Å². The number of aromatic nitrogens is 6. The number of aliphatic hydroxyl groups is 2. The Hall–Kier alpha value is -3.90. The van der Waals surface area contributed by atoms with Crippen LogP contribution in [0.25, 0.3) is 43.9 Å². The molecular weight excluding hydrogens is 991 g/mol. The summed E-state index contributed by atoms with van der Waals surface area (Å²) in [7, 11) is -2.95. The Labute approximate surface area is 452 Å². The molecule has 4 heterocycles. The van der Waals surface area contributed by atoms with E-state index in [4.69, 9.17) is 39.9 Å². The number of ether oxygens (including phenoxy) is 1. The van der Waals surface area contributed by atoms with Crippen LogP contribution in [0.1, 0.15) is 148 Å². The fraction of sp³-hybridized carbons (Fsp3) is 0.636. The lowest BCUT2D eigenvalue weighted by atomic mass is 10.1. The van der Waals surface area contributed by atoms with E-state index in [-0.39, 0.29) is 40.6 Å². The summed E-state index contributed by atoms with van der Waals surface area (Å²) in [5, 5.41) is 26.0. The first-order valence-corrected chi connectivity index (χ1v) is 29.2. The van der Waals surface area contributed by atoms with Crippen molar-refractivity contribution >= 4 is 71.8 Å². The average molecular weight is 1090 g/mol. The van der Waals surface area contributed by atoms with Gasteiger partial charge in [-0.1, -0.05) is 153 Å². The lowest BCUT2D eigenvalue weighted by Gasteiger charge is -2.19. The van der Waals surface area contributed by atoms with E-state index >= 15 is 0 Å². The Kier molecular flexibility index (Phi) is 37.4. The number of nitrogens with one attached hydrogen (secondary N) is 2. The Morgan fingerprint density at radius 2 is 1.16 bits per heavy atom. The summed E-state index contributed by atoms with van der Waals surface area (Å²) in [6, 6.07) is 15.7. The highest BCUT2D eigenvalue weighted by molar-refractivity contribution is 7.48. The Bertz CT molecular complexity index is 2490. The van der Waals surface area contributed by atoms with Crippen molar-refractivity contribution in [3.63, 3.8) is 0 Å². The molecule has 0 fully saturated rings. The van der Waals surface area contributed by atoms with Crippen molar-refractivity contribution in [1.29, 1.82) is 0 Å². The minimum absolute atomic E-state index is 0. The number of hydrogen-bond donors (Lipinski definition) is 7. The van der Waals surface area contributed by atoms with Crippen LogP contribution in [0.3, 0.4) is 0 Å². The molecule has 0 saturated carbocycles. The van der Waals surface area contributed by atoms with Crippen molar-refractivity contribution in [2.24, 2.45) is 17.8 Å². The molecule has 0 aliphatic heterocycles. The van der Waals surface area contributed by atoms with Crippen molar-refractivity contribution in [3.8, 4) is 0 Å². The first kappa shape index (κ1) is 71.1. The van der Waals surface area contributed by atoms with E-state index in [1.54, 1.807) is 0 Å². The number of nitrogens with two attached hydrogens (primary N) is 2. The third-order valence-corrected chi connectivity index (χ3v) is 14.1. The summed E-state index contributed by atoms with van der Waals surface area (Å²) in [6.07, 6.45) is 8.95. The SMILES string of the molecule is C.C.CC.CCCCc1nc2c(N)nc3ccccc3c2n1CCO.CCCCc1nc2c(N)nc3ccccc3c2n1CCOP(=O)(O)OC[C@H](C)CC.CCOCNP(NC)OC[C@H](C)CC.CC[C@@H](C)CO. The maximum Gasteiger partial charge on any atom is 0.472 e. The molecule has 0 aliphatic rings. The number of hydrogen-bond acceptors (Lipinski definition) is 15. The molecule has 0 aliphatic carbocycles. The van der Waals surface area contributed by atoms with Gasteiger partial charge in [0.2, 0.25) is 0 Å². The zero-order chi connectivity index (χ0) is 54.3. The highest BCUT2D eigenvalue weighted by Gasteiger charge is 2.24. The maximum atomic E-state index is 12.2. The number of phosphoric acid groups is 1. The smallest absolute Gasteiger partial charge is 0.396 e. The second-order valence-corrected chi connectivity index (χ2v) is 20.7. The topological polar surface area (TPSA) is 252 Å². The zero-order valence-corrected chi connectivity index (χ0v) is 48.0. The molecule has 5 atom stereocenters. The van der Waals surface area contributed by atoms with Gasteiger partial charge in [-0.25, -0.2) is 29.6 Å². The molecular formula is C55H100N10O8P2. The van der Waals surface area contributed by atoms with Gasteiger partial charge >= 0.3 is 7.82 Å². The highest BCUT2D eigenvalue weighted by atomic mass is 31.2. The summed E-state index contributed by atoms with van der Waals surface area (Å²) in [6.45, 7) is 26.3. The summed E-state index contributed by atoms with van der Waals surface area (Å²) in [4.78, 5) is 28.3. The molecule has 4 aromatic heterocycles. The normalized spacial score (nSPS) is 13.3. The highest BCUT2D eigenvalue weighted by Crippen LogP contribution is 2.44. The van der Waals surface area contributed by atoms with Crippen LogP contribution in [0, 0.1) is 17.8 Å². The average Bonchev–Trinajstić information content (AvgIpc) is 3.97. The number of aryl methyl sites for hydroxylation is 2. The van der Waals surface area contributed by atoms with Crippen LogP contribution in [-0.4, -0.2) is 97.6 Å². The molecule has 2 aromatic carbocycles. The summed E-state index contributed by atoms with van der Waals surface area (Å²) in [5.41, 5.74) is 17.2. The molecule has 0 saturated heterocycles. The fourth-order valence-corrected chi connectivity index (χ4v) is 8.73. The van der Waals surface area contributed by atoms with Gasteiger partial charge in [-0.05, 0) is 56.7 Å². The number of para-hydroxylation sites is 2. The summed E-state index contributed by atoms with van der Waals surface area (Å²) < 4.78 is 37.5. The Morgan fingerprint density at radius 1 is 0.693 bits per heavy atom. The van der Waals surface area contributed by atoms with E-state index in [2.05, 4.69) is 64.3 Å². The molecule has 0 spiro atoms. The monoisotopic (exact) mass is 1090 g/mol. The van der Waals surface area contributed by atoms with Crippen molar-refractivity contribution < 1.29 is 38.0 Å². The number of nitrogen functional groups attached to an aromatic ring is 2. The summed E-state index contributed by atoms with van der Waals surface area (Å²) >= 11 is 0. The number of anilines is 2. The van der Waals surface area contributed by atoms with Crippen LogP contribution in [0.2, 0.25) is 0 Å². The Morgan fingerprint density at radius 3 is 1.57 bits per heavy atom. The van der Waals surface area contributed by atoms with E-state index in [1.807, 2.05) is 102 Å². The predicted octanol–water partition coefficient (Wildman–Crippen LogP) is 12.6. The number of phosphoric ester groups is 1. The van der Waals surface area contributed by atoms with E-state index in [9.17, 15) is 14.6 Å². The number of imidazole rings is 2. The van der Waals surface area contributed by atoms with Crippen LogP contribution in [-0.2, 0) is 48.8 Å². The number of unbranched alkanes of at least 4 members (excludes halogenated alkanes) is 2. The second kappa shape index (κ2) is 39.5. The van der Waals surface area contributed by atoms with Crippen molar-refractivity contribution in [1.82, 2.24) is 39.2 Å². The van der Waals surface area contributed by atoms with Crippen LogP contribution < -0.4 is 21.6 Å². The molecule has 75 heavy (non-hydrogen) atoms. The number of aliphatic hydroxyl groups excluding tert-OH is 2. The van der Waals surface area contributed by atoms with E-state index in [1.165, 1.54) is 0 Å². The van der Waals surface area contributed by atoms with E-state index in [0.717, 1.165) is 121 Å². The molecule has 6 rings (SSSR count). The molecule has 6 aromatic rings. The van der Waals surface area contributed by atoms with Gasteiger partial charge < -0.3 is 45.0 Å². The van der Waals surface area contributed by atoms with Crippen LogP contribution in [0.4, 0.5) is 11.6 Å². The van der Waals surface area contributed by atoms with Crippen molar-refractivity contribution in [3.05, 3.63) is 60.2 Å². The number of nitrogens with zero attached hydrogens (tertiary/aromatic N) is 6. The Balaban J connectivity index is 0.00000106. The largest absolute Gasteiger partial charge is 0.472 e. The second-order valence-electron chi connectivity index (χ2n) is 17.6. The van der Waals surface area contributed by atoms with Crippen LogP contribution >= 0.6 is 16.3 Å². The first-order chi connectivity index (χ1) is 35.2. The molecule has 0 amide bonds. The standard InChI is InChI=1S/C21H31N4O4P.C16H20N4O.C9H23N2O2P.C5H12O.C2H6.2CH4/c1-4-6-11-18-24-19-20(16-9-7-8-10-17(16)23-21(19)22)25(18)12-13-28-30(26,27)29-14-15(3)5-2;1-2-3-8-13-19-14-15(20(13)9-10-21)11-6-4-5-7-12(11)18-16(14)17;1-5-9(3)7-13-14(10-4)11-8-12-6-2;1-3-5(2)4-6;1-2;;/h7-10,15H,4-6,11-14H2,1-3H3,(H2,22,23)(H,26,27);4-7,21H,2-3,8-10H2,1H3,(H2,17,18);9-11H,5-8H2,1-4H3;5-6H,3-4H2,1-2H3;1-2H3;2*1H4/t15-;;9-,14?;5-;;;/m1.11.../s1. The molecule has 20 heteroatoms. The van der Waals surface area contributed by atoms with Gasteiger partial charge in [-0.2, -0.15) is 0 Å². The maximum absolute atomic E-state index is 12.2. The van der Waals surface area contributed by atoms with Crippen LogP contribution in [0.5, 0.6) is 0 Å². The fourth-order valence-electron chi connectivity index (χ4n) is 6.91. The predicted molar refractivity (Wildman–Crippen MR) is 317 cm³/mol. The lowest BCUT2D eigenvalue weighted by Crippen LogP contribution is -2.21. The number of fused-ring (bicyclic) bond motifs is 6. The van der Waals surface area contributed by atoms with Gasteiger partial charge in [0, 0.05) is 49.9 Å². The van der Waals surface area contributed by atoms with Crippen LogP contribution in [0.15, 0.2) is 48.5 Å². The number of benzene rings is 2. The minimum atomic E-state index is -4.10. The number of pyridine rings is 2. The zero-order valence-electron chi connectivity index (χ0n) is 46.2. The summed E-state index contributed by atoms with van der Waals surface area (Å²) in [5.74, 6) is 3.98. The van der Waals surface area contributed by atoms with E-state index < -0.39 is 16.3 Å². The van der Waals surface area contributed by atoms with Gasteiger partial charge in [0.15, 0.2) is 20.1 Å². The third-order valence-electron chi connectivity index (χ3n) is 11.9. The molecule has 0 radical (unpaired) electrons. The quantitative estimate of drug-likeness (QED) is 0.0144. The van der Waals surface area contributed by atoms with Gasteiger partial charge in [-0.3, -0.25) is 14.1 Å². The van der Waals surface area contributed by atoms with Crippen molar-refractivity contribution in [2.45, 2.75) is 162 Å². The van der Waals surface area contributed by atoms with Gasteiger partial charge in [-0.15, -0.1) is 0 Å². The third kappa shape index (κ3) is 23.3. The number of rotatable bonds is 27. The molecule has 9 N–H and O–H groups in total.